The molecule has 1 saturated heterocycles. The van der Waals surface area contributed by atoms with Gasteiger partial charge < -0.3 is 24.4 Å². The van der Waals surface area contributed by atoms with Crippen molar-refractivity contribution >= 4 is 0 Å². The summed E-state index contributed by atoms with van der Waals surface area (Å²) in [5, 5.41) is 26.4. The number of piperidine rings is 1. The van der Waals surface area contributed by atoms with Crippen molar-refractivity contribution in [2.24, 2.45) is 0 Å². The Labute approximate surface area is 219 Å². The number of methoxy groups -OCH3 is 1. The maximum atomic E-state index is 11.4. The van der Waals surface area contributed by atoms with Gasteiger partial charge in [-0.15, -0.1) is 0 Å². The molecule has 8 nitrogen and oxygen atoms in total. The normalized spacial score (nSPS) is 20.1. The zero-order valence-electron chi connectivity index (χ0n) is 22.5. The van der Waals surface area contributed by atoms with E-state index in [-0.39, 0.29) is 6.61 Å². The lowest BCUT2D eigenvalue weighted by Crippen LogP contribution is -2.59. The highest BCUT2D eigenvalue weighted by Crippen LogP contribution is 2.31. The SMILES string of the molecule is COc1ccc(CN2CC[C@H](O)[C@@](O)(COc3c(C)ccc(C)c3C)C2)cc1OCCn1cc(C)cn1. The fourth-order valence-electron chi connectivity index (χ4n) is 4.80. The van der Waals surface area contributed by atoms with Crippen molar-refractivity contribution in [2.75, 3.05) is 33.4 Å². The monoisotopic (exact) mass is 509 g/mol. The molecule has 2 N–H and O–H groups in total. The van der Waals surface area contributed by atoms with E-state index in [1.165, 1.54) is 0 Å². The maximum absolute atomic E-state index is 11.4. The van der Waals surface area contributed by atoms with Crippen molar-refractivity contribution in [3.8, 4) is 17.2 Å². The van der Waals surface area contributed by atoms with Gasteiger partial charge >= 0.3 is 0 Å². The Hall–Kier alpha value is -3.07. The quantitative estimate of drug-likeness (QED) is 0.432. The van der Waals surface area contributed by atoms with Crippen LogP contribution in [0.5, 0.6) is 17.2 Å². The molecule has 8 heteroatoms. The summed E-state index contributed by atoms with van der Waals surface area (Å²) in [6.07, 6.45) is 3.42. The molecule has 0 bridgehead atoms. The summed E-state index contributed by atoms with van der Waals surface area (Å²) >= 11 is 0. The lowest BCUT2D eigenvalue weighted by molar-refractivity contribution is -0.140. The van der Waals surface area contributed by atoms with Crippen molar-refractivity contribution < 1.29 is 24.4 Å². The van der Waals surface area contributed by atoms with E-state index in [9.17, 15) is 10.2 Å². The van der Waals surface area contributed by atoms with Crippen LogP contribution < -0.4 is 14.2 Å². The minimum atomic E-state index is -1.37. The van der Waals surface area contributed by atoms with Crippen molar-refractivity contribution in [1.29, 1.82) is 0 Å². The number of hydrogen-bond donors (Lipinski definition) is 2. The summed E-state index contributed by atoms with van der Waals surface area (Å²) in [6, 6.07) is 9.97. The summed E-state index contributed by atoms with van der Waals surface area (Å²) in [7, 11) is 1.63. The molecule has 0 unspecified atom stereocenters. The lowest BCUT2D eigenvalue weighted by atomic mass is 9.90. The average molecular weight is 510 g/mol. The first-order valence-electron chi connectivity index (χ1n) is 12.8. The third-order valence-electron chi connectivity index (χ3n) is 7.15. The summed E-state index contributed by atoms with van der Waals surface area (Å²) < 4.78 is 19.5. The summed E-state index contributed by atoms with van der Waals surface area (Å²) in [5.41, 5.74) is 3.99. The molecule has 1 aliphatic heterocycles. The molecule has 200 valence electrons. The summed E-state index contributed by atoms with van der Waals surface area (Å²) in [6.45, 7) is 10.8. The first-order chi connectivity index (χ1) is 17.7. The summed E-state index contributed by atoms with van der Waals surface area (Å²) in [5.74, 6) is 2.12. The maximum Gasteiger partial charge on any atom is 0.161 e. The van der Waals surface area contributed by atoms with Gasteiger partial charge in [-0.05, 0) is 74.1 Å². The Morgan fingerprint density at radius 1 is 1.05 bits per heavy atom. The number of hydrogen-bond acceptors (Lipinski definition) is 7. The van der Waals surface area contributed by atoms with E-state index in [1.54, 1.807) is 7.11 Å². The van der Waals surface area contributed by atoms with Crippen LogP contribution in [0.25, 0.3) is 0 Å². The highest BCUT2D eigenvalue weighted by molar-refractivity contribution is 5.45. The Balaban J connectivity index is 1.40. The van der Waals surface area contributed by atoms with Crippen LogP contribution in [0, 0.1) is 27.7 Å². The fraction of sp³-hybridized carbons (Fsp3) is 0.483. The van der Waals surface area contributed by atoms with E-state index in [2.05, 4.69) is 16.1 Å². The minimum Gasteiger partial charge on any atom is -0.493 e. The predicted molar refractivity (Wildman–Crippen MR) is 142 cm³/mol. The Kier molecular flexibility index (Phi) is 8.42. The van der Waals surface area contributed by atoms with E-state index >= 15 is 0 Å². The first kappa shape index (κ1) is 27.0. The standard InChI is InChI=1S/C29H39N3O5/c1-20-15-30-32(16-20)12-13-36-26-14-24(8-9-25(26)35-5)17-31-11-10-27(33)29(34,18-31)19-37-28-22(3)7-6-21(2)23(28)4/h6-9,14-16,27,33-34H,10-13,17-19H2,1-5H3/t27-,29-/m0/s1. The van der Waals surface area contributed by atoms with Crippen LogP contribution in [0.4, 0.5) is 0 Å². The molecular weight excluding hydrogens is 470 g/mol. The molecule has 2 atom stereocenters. The number of aryl methyl sites for hydroxylation is 3. The van der Waals surface area contributed by atoms with Crippen molar-refractivity contribution in [3.63, 3.8) is 0 Å². The molecule has 37 heavy (non-hydrogen) atoms. The molecule has 1 aliphatic rings. The third kappa shape index (κ3) is 6.44. The van der Waals surface area contributed by atoms with E-state index in [1.807, 2.05) is 69.0 Å². The van der Waals surface area contributed by atoms with E-state index in [0.29, 0.717) is 50.7 Å². The molecule has 2 aromatic carbocycles. The van der Waals surface area contributed by atoms with E-state index in [0.717, 1.165) is 33.6 Å². The molecule has 4 rings (SSSR count). The first-order valence-corrected chi connectivity index (χ1v) is 12.8. The topological polar surface area (TPSA) is 89.2 Å². The number of likely N-dealkylation sites (tertiary alicyclic amines) is 1. The van der Waals surface area contributed by atoms with Gasteiger partial charge in [-0.3, -0.25) is 9.58 Å². The highest BCUT2D eigenvalue weighted by atomic mass is 16.5. The number of aliphatic hydroxyl groups is 2. The van der Waals surface area contributed by atoms with Crippen molar-refractivity contribution in [2.45, 2.75) is 58.9 Å². The number of ether oxygens (including phenoxy) is 3. The largest absolute Gasteiger partial charge is 0.493 e. The molecule has 0 amide bonds. The van der Waals surface area contributed by atoms with Gasteiger partial charge in [0.05, 0.1) is 26.0 Å². The molecule has 1 fully saturated rings. The van der Waals surface area contributed by atoms with Crippen LogP contribution in [0.1, 0.15) is 34.2 Å². The highest BCUT2D eigenvalue weighted by Gasteiger charge is 2.42. The van der Waals surface area contributed by atoms with Gasteiger partial charge in [0.25, 0.3) is 0 Å². The summed E-state index contributed by atoms with van der Waals surface area (Å²) in [4.78, 5) is 2.14. The molecule has 0 spiro atoms. The number of aliphatic hydroxyl groups excluding tert-OH is 1. The van der Waals surface area contributed by atoms with Crippen molar-refractivity contribution in [1.82, 2.24) is 14.7 Å². The van der Waals surface area contributed by atoms with Gasteiger partial charge in [0, 0.05) is 25.8 Å². The van der Waals surface area contributed by atoms with Crippen molar-refractivity contribution in [3.05, 3.63) is 70.5 Å². The van der Waals surface area contributed by atoms with Gasteiger partial charge in [-0.25, -0.2) is 0 Å². The number of nitrogens with zero attached hydrogens (tertiary/aromatic N) is 3. The van der Waals surface area contributed by atoms with Crippen LogP contribution in [0.3, 0.4) is 0 Å². The lowest BCUT2D eigenvalue weighted by Gasteiger charge is -2.42. The van der Waals surface area contributed by atoms with Crippen LogP contribution in [-0.4, -0.2) is 70.0 Å². The zero-order chi connectivity index (χ0) is 26.6. The second kappa shape index (κ2) is 11.5. The molecule has 1 aromatic heterocycles. The van der Waals surface area contributed by atoms with Crippen LogP contribution in [0.2, 0.25) is 0 Å². The second-order valence-electron chi connectivity index (χ2n) is 10.2. The van der Waals surface area contributed by atoms with E-state index < -0.39 is 11.7 Å². The van der Waals surface area contributed by atoms with Gasteiger partial charge in [0.1, 0.15) is 24.6 Å². The number of β-amino-alcohol motifs (C(OH)–C–C–N with tert-alkyl or cyclic N) is 1. The fourth-order valence-corrected chi connectivity index (χ4v) is 4.80. The van der Waals surface area contributed by atoms with Gasteiger partial charge in [-0.1, -0.05) is 18.2 Å². The van der Waals surface area contributed by atoms with Crippen LogP contribution >= 0.6 is 0 Å². The minimum absolute atomic E-state index is 0.0275. The predicted octanol–water partition coefficient (Wildman–Crippen LogP) is 3.58. The number of aromatic nitrogens is 2. The third-order valence-corrected chi connectivity index (χ3v) is 7.15. The zero-order valence-corrected chi connectivity index (χ0v) is 22.5. The number of benzene rings is 2. The molecule has 2 heterocycles. The Morgan fingerprint density at radius 2 is 1.84 bits per heavy atom. The van der Waals surface area contributed by atoms with Gasteiger partial charge in [0.2, 0.25) is 0 Å². The molecule has 0 radical (unpaired) electrons. The molecule has 3 aromatic rings. The Morgan fingerprint density at radius 3 is 2.57 bits per heavy atom. The molecular formula is C29H39N3O5. The van der Waals surface area contributed by atoms with Crippen LogP contribution in [0.15, 0.2) is 42.7 Å². The second-order valence-corrected chi connectivity index (χ2v) is 10.2. The average Bonchev–Trinajstić information content (AvgIpc) is 3.29. The van der Waals surface area contributed by atoms with E-state index in [4.69, 9.17) is 14.2 Å². The Bertz CT molecular complexity index is 1210. The smallest absolute Gasteiger partial charge is 0.161 e. The van der Waals surface area contributed by atoms with Gasteiger partial charge in [0.15, 0.2) is 11.5 Å². The molecule has 0 aliphatic carbocycles. The molecule has 0 saturated carbocycles. The van der Waals surface area contributed by atoms with Crippen LogP contribution in [-0.2, 0) is 13.1 Å². The van der Waals surface area contributed by atoms with Gasteiger partial charge in [-0.2, -0.15) is 5.10 Å². The number of rotatable bonds is 10.